The zero-order chi connectivity index (χ0) is 17.2. The van der Waals surface area contributed by atoms with Crippen LogP contribution < -0.4 is 9.62 Å². The zero-order valence-corrected chi connectivity index (χ0v) is 14.9. The molecule has 1 aliphatic heterocycles. The van der Waals surface area contributed by atoms with Crippen molar-refractivity contribution in [3.8, 4) is 0 Å². The molecule has 0 bridgehead atoms. The minimum Gasteiger partial charge on any atom is -0.369 e. The Bertz CT molecular complexity index is 786. The summed E-state index contributed by atoms with van der Waals surface area (Å²) in [7, 11) is -1.55. The third-order valence-electron chi connectivity index (χ3n) is 4.00. The van der Waals surface area contributed by atoms with Crippen molar-refractivity contribution in [3.05, 3.63) is 47.7 Å². The molecule has 1 N–H and O–H groups in total. The van der Waals surface area contributed by atoms with Gasteiger partial charge in [0, 0.05) is 43.8 Å². The summed E-state index contributed by atoms with van der Waals surface area (Å²) < 4.78 is 27.2. The second-order valence-corrected chi connectivity index (χ2v) is 7.83. The Morgan fingerprint density at radius 1 is 1.04 bits per heavy atom. The maximum Gasteiger partial charge on any atom is 0.263 e. The van der Waals surface area contributed by atoms with Gasteiger partial charge in [-0.3, -0.25) is 4.72 Å². The Morgan fingerprint density at radius 3 is 2.29 bits per heavy atom. The lowest BCUT2D eigenvalue weighted by Crippen LogP contribution is -2.44. The van der Waals surface area contributed by atoms with Gasteiger partial charge in [0.15, 0.2) is 0 Å². The minimum atomic E-state index is -3.67. The number of nitrogens with one attached hydrogen (secondary N) is 1. The number of pyridine rings is 1. The number of rotatable bonds is 4. The van der Waals surface area contributed by atoms with E-state index in [4.69, 9.17) is 11.6 Å². The van der Waals surface area contributed by atoms with E-state index in [2.05, 4.69) is 26.6 Å². The summed E-state index contributed by atoms with van der Waals surface area (Å²) in [4.78, 5) is 8.47. The van der Waals surface area contributed by atoms with Gasteiger partial charge in [0.25, 0.3) is 10.0 Å². The van der Waals surface area contributed by atoms with Gasteiger partial charge in [0.2, 0.25) is 0 Å². The SMILES string of the molecule is CN1CCN(c2ccc(NS(=O)(=O)c3ccc(Cl)nc3)cc2)CC1. The van der Waals surface area contributed by atoms with Crippen molar-refractivity contribution >= 4 is 33.0 Å². The van der Waals surface area contributed by atoms with Crippen LogP contribution in [0.2, 0.25) is 5.15 Å². The molecule has 1 aliphatic rings. The molecule has 2 aromatic rings. The Kier molecular flexibility index (Phi) is 4.93. The molecular formula is C16H19ClN4O2S. The van der Waals surface area contributed by atoms with Gasteiger partial charge in [-0.2, -0.15) is 0 Å². The molecule has 1 aromatic heterocycles. The summed E-state index contributed by atoms with van der Waals surface area (Å²) in [5.41, 5.74) is 1.61. The second kappa shape index (κ2) is 6.96. The molecule has 3 rings (SSSR count). The van der Waals surface area contributed by atoms with E-state index in [1.54, 1.807) is 12.1 Å². The summed E-state index contributed by atoms with van der Waals surface area (Å²) in [5, 5.41) is 0.255. The van der Waals surface area contributed by atoms with E-state index in [-0.39, 0.29) is 10.0 Å². The van der Waals surface area contributed by atoms with E-state index in [1.165, 1.54) is 18.3 Å². The van der Waals surface area contributed by atoms with Gasteiger partial charge in [0.1, 0.15) is 10.0 Å². The van der Waals surface area contributed by atoms with Crippen molar-refractivity contribution in [1.29, 1.82) is 0 Å². The maximum absolute atomic E-state index is 12.3. The number of likely N-dealkylation sites (N-methyl/N-ethyl adjacent to an activating group) is 1. The molecule has 0 unspecified atom stereocenters. The number of anilines is 2. The average Bonchev–Trinajstić information content (AvgIpc) is 2.56. The maximum atomic E-state index is 12.3. The van der Waals surface area contributed by atoms with E-state index in [1.807, 2.05) is 12.1 Å². The van der Waals surface area contributed by atoms with Crippen molar-refractivity contribution in [2.24, 2.45) is 0 Å². The zero-order valence-electron chi connectivity index (χ0n) is 13.3. The molecule has 24 heavy (non-hydrogen) atoms. The Hall–Kier alpha value is -1.83. The number of hydrogen-bond donors (Lipinski definition) is 1. The number of halogens is 1. The van der Waals surface area contributed by atoms with Crippen molar-refractivity contribution in [2.45, 2.75) is 4.90 Å². The largest absolute Gasteiger partial charge is 0.369 e. The molecule has 0 atom stereocenters. The fourth-order valence-corrected chi connectivity index (χ4v) is 3.65. The number of hydrogen-bond acceptors (Lipinski definition) is 5. The minimum absolute atomic E-state index is 0.0787. The number of benzene rings is 1. The van der Waals surface area contributed by atoms with Crippen LogP contribution in [0.4, 0.5) is 11.4 Å². The molecule has 0 amide bonds. The fourth-order valence-electron chi connectivity index (χ4n) is 2.54. The predicted octanol–water partition coefficient (Wildman–Crippen LogP) is 2.29. The van der Waals surface area contributed by atoms with Crippen molar-refractivity contribution in [2.75, 3.05) is 42.8 Å². The van der Waals surface area contributed by atoms with E-state index < -0.39 is 10.0 Å². The number of piperazine rings is 1. The summed E-state index contributed by atoms with van der Waals surface area (Å²) in [6.45, 7) is 3.99. The van der Waals surface area contributed by atoms with Crippen LogP contribution in [0, 0.1) is 0 Å². The van der Waals surface area contributed by atoms with Gasteiger partial charge in [-0.25, -0.2) is 13.4 Å². The van der Waals surface area contributed by atoms with Crippen LogP contribution in [0.15, 0.2) is 47.5 Å². The first-order valence-electron chi connectivity index (χ1n) is 7.62. The molecule has 0 saturated carbocycles. The highest BCUT2D eigenvalue weighted by Crippen LogP contribution is 2.21. The van der Waals surface area contributed by atoms with Crippen molar-refractivity contribution in [1.82, 2.24) is 9.88 Å². The lowest BCUT2D eigenvalue weighted by molar-refractivity contribution is 0.313. The highest BCUT2D eigenvalue weighted by atomic mass is 35.5. The Labute approximate surface area is 147 Å². The number of sulfonamides is 1. The molecule has 8 heteroatoms. The van der Waals surface area contributed by atoms with E-state index >= 15 is 0 Å². The lowest BCUT2D eigenvalue weighted by atomic mass is 10.2. The number of aromatic nitrogens is 1. The Balaban J connectivity index is 1.70. The highest BCUT2D eigenvalue weighted by Gasteiger charge is 2.16. The quantitative estimate of drug-likeness (QED) is 0.841. The van der Waals surface area contributed by atoms with Crippen LogP contribution >= 0.6 is 11.6 Å². The van der Waals surface area contributed by atoms with Gasteiger partial charge in [0.05, 0.1) is 0 Å². The predicted molar refractivity (Wildman–Crippen MR) is 96.2 cm³/mol. The van der Waals surface area contributed by atoms with Gasteiger partial charge in [-0.15, -0.1) is 0 Å². The van der Waals surface area contributed by atoms with E-state index in [0.717, 1.165) is 31.9 Å². The van der Waals surface area contributed by atoms with Gasteiger partial charge in [-0.05, 0) is 43.4 Å². The normalized spacial score (nSPS) is 16.2. The van der Waals surface area contributed by atoms with Gasteiger partial charge in [-0.1, -0.05) is 11.6 Å². The molecule has 0 aliphatic carbocycles. The molecule has 1 aromatic carbocycles. The number of nitrogens with zero attached hydrogens (tertiary/aromatic N) is 3. The smallest absolute Gasteiger partial charge is 0.263 e. The van der Waals surface area contributed by atoms with Crippen LogP contribution in [-0.2, 0) is 10.0 Å². The van der Waals surface area contributed by atoms with Crippen molar-refractivity contribution < 1.29 is 8.42 Å². The van der Waals surface area contributed by atoms with Crippen LogP contribution in [0.25, 0.3) is 0 Å². The van der Waals surface area contributed by atoms with Crippen LogP contribution in [0.3, 0.4) is 0 Å². The molecule has 2 heterocycles. The summed E-state index contributed by atoms with van der Waals surface area (Å²) in [6, 6.07) is 10.3. The van der Waals surface area contributed by atoms with Crippen molar-refractivity contribution in [3.63, 3.8) is 0 Å². The Morgan fingerprint density at radius 2 is 1.71 bits per heavy atom. The standard InChI is InChI=1S/C16H19ClN4O2S/c1-20-8-10-21(11-9-20)14-4-2-13(3-5-14)19-24(22,23)15-6-7-16(17)18-12-15/h2-7,12,19H,8-11H2,1H3. The van der Waals surface area contributed by atoms with Crippen LogP contribution in [0.5, 0.6) is 0 Å². The molecular weight excluding hydrogens is 348 g/mol. The molecule has 0 spiro atoms. The monoisotopic (exact) mass is 366 g/mol. The van der Waals surface area contributed by atoms with Gasteiger partial charge >= 0.3 is 0 Å². The summed E-state index contributed by atoms with van der Waals surface area (Å²) >= 11 is 5.69. The molecule has 1 saturated heterocycles. The third-order valence-corrected chi connectivity index (χ3v) is 5.59. The first-order valence-corrected chi connectivity index (χ1v) is 9.48. The first kappa shape index (κ1) is 17.0. The van der Waals surface area contributed by atoms with E-state index in [0.29, 0.717) is 5.69 Å². The van der Waals surface area contributed by atoms with E-state index in [9.17, 15) is 8.42 Å². The summed E-state index contributed by atoms with van der Waals surface area (Å²) in [6.07, 6.45) is 1.24. The average molecular weight is 367 g/mol. The topological polar surface area (TPSA) is 65.5 Å². The molecule has 0 radical (unpaired) electrons. The molecule has 6 nitrogen and oxygen atoms in total. The first-order chi connectivity index (χ1) is 11.4. The molecule has 128 valence electrons. The summed E-state index contributed by atoms with van der Waals surface area (Å²) in [5.74, 6) is 0. The lowest BCUT2D eigenvalue weighted by Gasteiger charge is -2.34. The molecule has 1 fully saturated rings. The highest BCUT2D eigenvalue weighted by molar-refractivity contribution is 7.92. The third kappa shape index (κ3) is 3.98. The van der Waals surface area contributed by atoms with Crippen LogP contribution in [0.1, 0.15) is 0 Å². The van der Waals surface area contributed by atoms with Crippen LogP contribution in [-0.4, -0.2) is 51.5 Å². The fraction of sp³-hybridized carbons (Fsp3) is 0.312. The second-order valence-electron chi connectivity index (χ2n) is 5.76. The van der Waals surface area contributed by atoms with Gasteiger partial charge < -0.3 is 9.80 Å².